The lowest BCUT2D eigenvalue weighted by Gasteiger charge is -2.30. The van der Waals surface area contributed by atoms with Crippen molar-refractivity contribution in [3.8, 4) is 0 Å². The van der Waals surface area contributed by atoms with Gasteiger partial charge in [-0.05, 0) is 102 Å². The fourth-order valence-corrected chi connectivity index (χ4v) is 9.99. The molecule has 78 heavy (non-hydrogen) atoms. The number of likely N-dealkylation sites (N-methyl/N-ethyl adjacent to an activating group) is 1. The van der Waals surface area contributed by atoms with E-state index >= 15 is 0 Å². The van der Waals surface area contributed by atoms with Crippen LogP contribution >= 0.6 is 7.82 Å². The number of carbonyl (C=O) groups is 2. The van der Waals surface area contributed by atoms with Crippen LogP contribution in [0, 0.1) is 0 Å². The Labute approximate surface area is 483 Å². The molecule has 0 rings (SSSR count). The van der Waals surface area contributed by atoms with Crippen molar-refractivity contribution in [2.24, 2.45) is 0 Å². The molecule has 3 unspecified atom stereocenters. The second-order valence-electron chi connectivity index (χ2n) is 23.3. The van der Waals surface area contributed by atoms with Crippen LogP contribution in [0.2, 0.25) is 0 Å². The van der Waals surface area contributed by atoms with Gasteiger partial charge in [-0.1, -0.05) is 255 Å². The second kappa shape index (κ2) is 57.7. The monoisotopic (exact) mass is 1110 g/mol. The van der Waals surface area contributed by atoms with Gasteiger partial charge < -0.3 is 28.5 Å². The molecule has 1 amide bonds. The quantitative estimate of drug-likeness (QED) is 0.0212. The average molecular weight is 1110 g/mol. The lowest BCUT2D eigenvalue weighted by Crippen LogP contribution is -2.47. The highest BCUT2D eigenvalue weighted by molar-refractivity contribution is 7.45. The zero-order valence-corrected chi connectivity index (χ0v) is 52.8. The summed E-state index contributed by atoms with van der Waals surface area (Å²) in [6, 6.07) is -0.900. The minimum absolute atomic E-state index is 0.0275. The van der Waals surface area contributed by atoms with E-state index in [2.05, 4.69) is 86.8 Å². The van der Waals surface area contributed by atoms with Crippen molar-refractivity contribution < 1.29 is 37.3 Å². The van der Waals surface area contributed by atoms with E-state index < -0.39 is 26.6 Å². The molecule has 0 saturated heterocycles. The Hall–Kier alpha value is -2.55. The normalized spacial score (nSPS) is 14.1. The SMILES string of the molecule is CCCCC/C=C\C/C=C\C/C=C\C/C=C\CCCCCCCCCCCC(=O)NC(COP(=O)([O-])OCC[N+](C)(C)C)C(/C=C\CCCCCCCCCCCCC)OC(=O)CCCCC/C=C\CCCCCCCCC. The summed E-state index contributed by atoms with van der Waals surface area (Å²) in [6.07, 6.45) is 74.4. The van der Waals surface area contributed by atoms with Gasteiger partial charge in [0.2, 0.25) is 5.91 Å². The number of allylic oxidation sites excluding steroid dienone is 11. The molecule has 454 valence electrons. The van der Waals surface area contributed by atoms with Crippen LogP contribution in [0.25, 0.3) is 0 Å². The number of hydrogen-bond acceptors (Lipinski definition) is 7. The van der Waals surface area contributed by atoms with Crippen LogP contribution in [0.15, 0.2) is 72.9 Å². The van der Waals surface area contributed by atoms with Gasteiger partial charge in [0.15, 0.2) is 0 Å². The Balaban J connectivity index is 5.18. The van der Waals surface area contributed by atoms with E-state index in [1.807, 2.05) is 33.3 Å². The number of hydrogen-bond donors (Lipinski definition) is 1. The summed E-state index contributed by atoms with van der Waals surface area (Å²) in [5.41, 5.74) is 0. The number of nitrogens with zero attached hydrogens (tertiary/aromatic N) is 1. The van der Waals surface area contributed by atoms with Crippen LogP contribution < -0.4 is 10.2 Å². The molecule has 0 bridgehead atoms. The summed E-state index contributed by atoms with van der Waals surface area (Å²) in [4.78, 5) is 40.0. The number of rotatable bonds is 59. The number of ether oxygens (including phenoxy) is 1. The summed E-state index contributed by atoms with van der Waals surface area (Å²) in [5, 5.41) is 3.03. The Morgan fingerprint density at radius 3 is 1.22 bits per heavy atom. The number of amides is 1. The largest absolute Gasteiger partial charge is 0.756 e. The summed E-state index contributed by atoms with van der Waals surface area (Å²) < 4.78 is 30.3. The van der Waals surface area contributed by atoms with E-state index in [4.69, 9.17) is 13.8 Å². The fourth-order valence-electron chi connectivity index (χ4n) is 9.27. The zero-order chi connectivity index (χ0) is 57.2. The van der Waals surface area contributed by atoms with Crippen molar-refractivity contribution in [3.05, 3.63) is 72.9 Å². The molecule has 3 atom stereocenters. The molecule has 0 heterocycles. The number of quaternary nitrogens is 1. The molecule has 0 spiro atoms. The molecule has 10 heteroatoms. The smallest absolute Gasteiger partial charge is 0.306 e. The van der Waals surface area contributed by atoms with Gasteiger partial charge in [-0.3, -0.25) is 14.2 Å². The van der Waals surface area contributed by atoms with Crippen LogP contribution in [0.3, 0.4) is 0 Å². The Morgan fingerprint density at radius 2 is 0.782 bits per heavy atom. The molecule has 9 nitrogen and oxygen atoms in total. The third kappa shape index (κ3) is 58.1. The lowest BCUT2D eigenvalue weighted by atomic mass is 10.0. The first-order chi connectivity index (χ1) is 37.9. The fraction of sp³-hybridized carbons (Fsp3) is 0.794. The van der Waals surface area contributed by atoms with Crippen LogP contribution in [0.5, 0.6) is 0 Å². The Bertz CT molecular complexity index is 1570. The van der Waals surface area contributed by atoms with Gasteiger partial charge in [0.25, 0.3) is 7.82 Å². The van der Waals surface area contributed by atoms with Gasteiger partial charge in [-0.2, -0.15) is 0 Å². The van der Waals surface area contributed by atoms with Crippen molar-refractivity contribution in [3.63, 3.8) is 0 Å². The number of esters is 1. The molecule has 0 fully saturated rings. The van der Waals surface area contributed by atoms with E-state index in [-0.39, 0.29) is 24.9 Å². The molecule has 0 aliphatic heterocycles. The number of phosphoric acid groups is 1. The van der Waals surface area contributed by atoms with Gasteiger partial charge in [0.05, 0.1) is 33.8 Å². The Kier molecular flexibility index (Phi) is 55.8. The van der Waals surface area contributed by atoms with Gasteiger partial charge in [-0.25, -0.2) is 0 Å². The number of phosphoric ester groups is 1. The summed E-state index contributed by atoms with van der Waals surface area (Å²) in [7, 11) is 1.17. The van der Waals surface area contributed by atoms with Gasteiger partial charge in [0.1, 0.15) is 19.3 Å². The van der Waals surface area contributed by atoms with Gasteiger partial charge >= 0.3 is 5.97 Å². The maximum absolute atomic E-state index is 13.6. The van der Waals surface area contributed by atoms with Gasteiger partial charge in [0, 0.05) is 12.8 Å². The van der Waals surface area contributed by atoms with Crippen LogP contribution in [0.1, 0.15) is 297 Å². The molecule has 0 radical (unpaired) electrons. The third-order valence-electron chi connectivity index (χ3n) is 14.4. The maximum atomic E-state index is 13.6. The topological polar surface area (TPSA) is 114 Å². The van der Waals surface area contributed by atoms with Gasteiger partial charge in [-0.15, -0.1) is 0 Å². The average Bonchev–Trinajstić information content (AvgIpc) is 3.40. The predicted molar refractivity (Wildman–Crippen MR) is 335 cm³/mol. The first-order valence-electron chi connectivity index (χ1n) is 32.7. The molecule has 0 aromatic heterocycles. The number of nitrogens with one attached hydrogen (secondary N) is 1. The Morgan fingerprint density at radius 1 is 0.449 bits per heavy atom. The van der Waals surface area contributed by atoms with Crippen LogP contribution in [-0.2, 0) is 27.9 Å². The minimum Gasteiger partial charge on any atom is -0.756 e. The lowest BCUT2D eigenvalue weighted by molar-refractivity contribution is -0.870. The molecule has 0 aliphatic rings. The van der Waals surface area contributed by atoms with E-state index in [9.17, 15) is 19.0 Å². The third-order valence-corrected chi connectivity index (χ3v) is 15.3. The first kappa shape index (κ1) is 75.5. The standard InChI is InChI=1S/C68H125N2O7P/c1-7-10-13-16-19-22-25-28-30-31-32-33-34-35-36-37-38-39-40-42-45-48-51-54-57-60-67(71)69-65(64-76-78(73,74)75-63-62-70(4,5)6)66(59-56-53-50-47-44-41-27-24-21-18-15-12-9-3)77-68(72)61-58-55-52-49-46-43-29-26-23-20-17-14-11-8-2/h19,22,28,30,32-33,35-36,43,46,56,59,65-66H,7-18,20-21,23-27,29,31,34,37-42,44-45,47-55,57-58,60-64H2,1-6H3,(H-,69,71,73,74)/b22-19-,30-28-,33-32-,36-35-,46-43-,59-56-. The van der Waals surface area contributed by atoms with E-state index in [1.165, 1.54) is 161 Å². The highest BCUT2D eigenvalue weighted by Gasteiger charge is 2.27. The van der Waals surface area contributed by atoms with E-state index in [1.54, 1.807) is 0 Å². The highest BCUT2D eigenvalue weighted by atomic mass is 31.2. The highest BCUT2D eigenvalue weighted by Crippen LogP contribution is 2.38. The van der Waals surface area contributed by atoms with E-state index in [0.29, 0.717) is 23.9 Å². The second-order valence-corrected chi connectivity index (χ2v) is 24.7. The summed E-state index contributed by atoms with van der Waals surface area (Å²) in [5.74, 6) is -0.562. The molecular weight excluding hydrogens is 988 g/mol. The summed E-state index contributed by atoms with van der Waals surface area (Å²) in [6.45, 7) is 6.81. The molecule has 0 saturated carbocycles. The molecule has 1 N–H and O–H groups in total. The van der Waals surface area contributed by atoms with Crippen molar-refractivity contribution >= 4 is 19.7 Å². The van der Waals surface area contributed by atoms with Crippen molar-refractivity contribution in [1.82, 2.24) is 5.32 Å². The minimum atomic E-state index is -4.71. The van der Waals surface area contributed by atoms with Crippen molar-refractivity contribution in [1.29, 1.82) is 0 Å². The first-order valence-corrected chi connectivity index (χ1v) is 34.2. The molecular formula is C68H125N2O7P. The molecule has 0 aromatic rings. The predicted octanol–water partition coefficient (Wildman–Crippen LogP) is 19.8. The molecule has 0 aliphatic carbocycles. The van der Waals surface area contributed by atoms with Crippen LogP contribution in [-0.4, -0.2) is 69.4 Å². The maximum Gasteiger partial charge on any atom is 0.306 e. The molecule has 0 aromatic carbocycles. The zero-order valence-electron chi connectivity index (χ0n) is 51.9. The van der Waals surface area contributed by atoms with Crippen molar-refractivity contribution in [2.45, 2.75) is 309 Å². The number of unbranched alkanes of at least 4 members (excludes halogenated alkanes) is 33. The number of carbonyl (C=O) groups excluding carboxylic acids is 2. The van der Waals surface area contributed by atoms with Crippen LogP contribution in [0.4, 0.5) is 0 Å². The summed E-state index contributed by atoms with van der Waals surface area (Å²) >= 11 is 0. The van der Waals surface area contributed by atoms with Crippen molar-refractivity contribution in [2.75, 3.05) is 40.9 Å². The van der Waals surface area contributed by atoms with E-state index in [0.717, 1.165) is 96.3 Å².